The highest BCUT2D eigenvalue weighted by atomic mass is 32.2. The zero-order chi connectivity index (χ0) is 16.8. The van der Waals surface area contributed by atoms with Gasteiger partial charge in [-0.05, 0) is 24.1 Å². The molecule has 0 aliphatic carbocycles. The molecule has 0 fully saturated rings. The van der Waals surface area contributed by atoms with Crippen molar-refractivity contribution in [3.63, 3.8) is 0 Å². The summed E-state index contributed by atoms with van der Waals surface area (Å²) in [5.41, 5.74) is 0.260. The van der Waals surface area contributed by atoms with Crippen LogP contribution in [0.3, 0.4) is 0 Å². The minimum atomic E-state index is -3.72. The smallest absolute Gasteiger partial charge is 0.337 e. The summed E-state index contributed by atoms with van der Waals surface area (Å²) in [7, 11) is -2.18. The molecule has 1 aromatic carbocycles. The van der Waals surface area contributed by atoms with Crippen molar-refractivity contribution in [2.45, 2.75) is 18.7 Å². The van der Waals surface area contributed by atoms with E-state index in [1.165, 1.54) is 19.2 Å². The highest BCUT2D eigenvalue weighted by Gasteiger charge is 2.19. The molecular weight excluding hydrogens is 308 g/mol. The van der Waals surface area contributed by atoms with E-state index in [4.69, 9.17) is 4.74 Å². The van der Waals surface area contributed by atoms with Crippen LogP contribution in [0.15, 0.2) is 23.1 Å². The van der Waals surface area contributed by atoms with Gasteiger partial charge in [0.25, 0.3) is 0 Å². The number of carboxylic acids is 1. The summed E-state index contributed by atoms with van der Waals surface area (Å²) in [6.45, 7) is 4.89. The Morgan fingerprint density at radius 1 is 1.36 bits per heavy atom. The van der Waals surface area contributed by atoms with Crippen molar-refractivity contribution in [1.82, 2.24) is 4.72 Å². The van der Waals surface area contributed by atoms with Gasteiger partial charge in [-0.1, -0.05) is 13.8 Å². The summed E-state index contributed by atoms with van der Waals surface area (Å²) in [5, 5.41) is 12.1. The number of carboxylic acid groups (broad SMARTS) is 1. The minimum absolute atomic E-state index is 0.0668. The first-order valence-electron chi connectivity index (χ1n) is 6.87. The minimum Gasteiger partial charge on any atom is -0.478 e. The number of rotatable bonds is 9. The van der Waals surface area contributed by atoms with E-state index in [1.54, 1.807) is 0 Å². The molecule has 0 heterocycles. The lowest BCUT2D eigenvalue weighted by molar-refractivity contribution is 0.0697. The molecule has 7 nitrogen and oxygen atoms in total. The molecule has 0 amide bonds. The molecule has 0 aliphatic rings. The topological polar surface area (TPSA) is 105 Å². The van der Waals surface area contributed by atoms with Gasteiger partial charge in [-0.3, -0.25) is 0 Å². The fraction of sp³-hybridized carbons (Fsp3) is 0.500. The lowest BCUT2D eigenvalue weighted by atomic mass is 10.2. The predicted octanol–water partition coefficient (Wildman–Crippen LogP) is 1.38. The SMILES string of the molecule is COCCNc1ccc(S(=O)(=O)NCC(C)C)cc1C(=O)O. The summed E-state index contributed by atoms with van der Waals surface area (Å²) in [4.78, 5) is 11.2. The van der Waals surface area contributed by atoms with Gasteiger partial charge in [0.1, 0.15) is 0 Å². The summed E-state index contributed by atoms with van der Waals surface area (Å²) in [5.74, 6) is -1.04. The number of aromatic carboxylic acids is 1. The molecule has 0 aliphatic heterocycles. The number of sulfonamides is 1. The summed E-state index contributed by atoms with van der Waals surface area (Å²) < 4.78 is 31.6. The maximum atomic E-state index is 12.1. The number of ether oxygens (including phenoxy) is 1. The van der Waals surface area contributed by atoms with Crippen molar-refractivity contribution in [1.29, 1.82) is 0 Å². The molecule has 0 unspecified atom stereocenters. The van der Waals surface area contributed by atoms with Gasteiger partial charge in [-0.15, -0.1) is 0 Å². The fourth-order valence-corrected chi connectivity index (χ4v) is 2.91. The number of hydrogen-bond acceptors (Lipinski definition) is 5. The maximum Gasteiger partial charge on any atom is 0.337 e. The van der Waals surface area contributed by atoms with E-state index in [2.05, 4.69) is 10.0 Å². The zero-order valence-corrected chi connectivity index (χ0v) is 13.7. The van der Waals surface area contributed by atoms with Gasteiger partial charge in [0.2, 0.25) is 10.0 Å². The quantitative estimate of drug-likeness (QED) is 0.591. The van der Waals surface area contributed by atoms with E-state index < -0.39 is 16.0 Å². The van der Waals surface area contributed by atoms with Gasteiger partial charge >= 0.3 is 5.97 Å². The van der Waals surface area contributed by atoms with Crippen molar-refractivity contribution < 1.29 is 23.1 Å². The molecule has 1 rings (SSSR count). The van der Waals surface area contributed by atoms with Crippen LogP contribution in [-0.4, -0.2) is 46.3 Å². The molecule has 8 heteroatoms. The highest BCUT2D eigenvalue weighted by Crippen LogP contribution is 2.20. The predicted molar refractivity (Wildman–Crippen MR) is 83.8 cm³/mol. The standard InChI is InChI=1S/C14H22N2O5S/c1-10(2)9-16-22(19,20)11-4-5-13(15-6-7-21-3)12(8-11)14(17)18/h4-5,8,10,15-16H,6-7,9H2,1-3H3,(H,17,18). The molecule has 124 valence electrons. The summed E-state index contributed by atoms with van der Waals surface area (Å²) >= 11 is 0. The van der Waals surface area contributed by atoms with E-state index in [1.807, 2.05) is 13.8 Å². The van der Waals surface area contributed by atoms with Crippen LogP contribution in [0.1, 0.15) is 24.2 Å². The van der Waals surface area contributed by atoms with Gasteiger partial charge in [0, 0.05) is 25.9 Å². The van der Waals surface area contributed by atoms with E-state index in [0.717, 1.165) is 6.07 Å². The molecule has 0 saturated carbocycles. The molecule has 0 bridgehead atoms. The number of carbonyl (C=O) groups is 1. The van der Waals surface area contributed by atoms with E-state index >= 15 is 0 Å². The van der Waals surface area contributed by atoms with Crippen LogP contribution in [0.2, 0.25) is 0 Å². The van der Waals surface area contributed by atoms with Gasteiger partial charge < -0.3 is 15.2 Å². The van der Waals surface area contributed by atoms with Crippen molar-refractivity contribution in [3.05, 3.63) is 23.8 Å². The van der Waals surface area contributed by atoms with Crippen LogP contribution < -0.4 is 10.0 Å². The number of hydrogen-bond donors (Lipinski definition) is 3. The average molecular weight is 330 g/mol. The molecule has 0 atom stereocenters. The van der Waals surface area contributed by atoms with Gasteiger partial charge in [0.05, 0.1) is 17.1 Å². The maximum absolute atomic E-state index is 12.1. The average Bonchev–Trinajstić information content (AvgIpc) is 2.45. The zero-order valence-electron chi connectivity index (χ0n) is 12.9. The van der Waals surface area contributed by atoms with E-state index in [0.29, 0.717) is 25.4 Å². The van der Waals surface area contributed by atoms with Crippen LogP contribution in [0.5, 0.6) is 0 Å². The number of methoxy groups -OCH3 is 1. The monoisotopic (exact) mass is 330 g/mol. The first-order valence-corrected chi connectivity index (χ1v) is 8.36. The number of nitrogens with one attached hydrogen (secondary N) is 2. The highest BCUT2D eigenvalue weighted by molar-refractivity contribution is 7.89. The molecular formula is C14H22N2O5S. The van der Waals surface area contributed by atoms with Crippen LogP contribution in [0.25, 0.3) is 0 Å². The number of anilines is 1. The largest absolute Gasteiger partial charge is 0.478 e. The van der Waals surface area contributed by atoms with Crippen molar-refractivity contribution in [2.75, 3.05) is 32.1 Å². The molecule has 1 aromatic rings. The Kier molecular flexibility index (Phi) is 6.79. The second kappa shape index (κ2) is 8.11. The molecule has 22 heavy (non-hydrogen) atoms. The van der Waals surface area contributed by atoms with Gasteiger partial charge in [-0.2, -0.15) is 0 Å². The first-order chi connectivity index (χ1) is 10.3. The van der Waals surface area contributed by atoms with Gasteiger partial charge in [-0.25, -0.2) is 17.9 Å². The summed E-state index contributed by atoms with van der Waals surface area (Å²) in [6, 6.07) is 3.98. The molecule has 3 N–H and O–H groups in total. The normalized spacial score (nSPS) is 11.6. The molecule has 0 saturated heterocycles. The first kappa shape index (κ1) is 18.4. The van der Waals surface area contributed by atoms with Crippen molar-refractivity contribution in [2.24, 2.45) is 5.92 Å². The third-order valence-electron chi connectivity index (χ3n) is 2.83. The van der Waals surface area contributed by atoms with Crippen molar-refractivity contribution >= 4 is 21.7 Å². The van der Waals surface area contributed by atoms with Crippen molar-refractivity contribution in [3.8, 4) is 0 Å². The Morgan fingerprint density at radius 3 is 2.59 bits per heavy atom. The second-order valence-electron chi connectivity index (χ2n) is 5.18. The van der Waals surface area contributed by atoms with Crippen LogP contribution >= 0.6 is 0 Å². The Bertz CT molecular complexity index is 614. The third kappa shape index (κ3) is 5.28. The second-order valence-corrected chi connectivity index (χ2v) is 6.94. The molecule has 0 radical (unpaired) electrons. The lowest BCUT2D eigenvalue weighted by Gasteiger charge is -2.13. The Hall–Kier alpha value is -1.64. The van der Waals surface area contributed by atoms with E-state index in [-0.39, 0.29) is 16.4 Å². The fourth-order valence-electron chi connectivity index (χ4n) is 1.67. The summed E-state index contributed by atoms with van der Waals surface area (Å²) in [6.07, 6.45) is 0. The van der Waals surface area contributed by atoms with Crippen LogP contribution in [0.4, 0.5) is 5.69 Å². The number of benzene rings is 1. The molecule has 0 spiro atoms. The van der Waals surface area contributed by atoms with Crippen LogP contribution in [-0.2, 0) is 14.8 Å². The Morgan fingerprint density at radius 2 is 2.05 bits per heavy atom. The lowest BCUT2D eigenvalue weighted by Crippen LogP contribution is -2.27. The van der Waals surface area contributed by atoms with Crippen LogP contribution in [0, 0.1) is 5.92 Å². The third-order valence-corrected chi connectivity index (χ3v) is 4.26. The Labute approximate surface area is 130 Å². The van der Waals surface area contributed by atoms with Gasteiger partial charge in [0.15, 0.2) is 0 Å². The Balaban J connectivity index is 3.04. The molecule has 0 aromatic heterocycles. The van der Waals surface area contributed by atoms with E-state index in [9.17, 15) is 18.3 Å².